The van der Waals surface area contributed by atoms with Crippen molar-refractivity contribution in [1.29, 1.82) is 0 Å². The predicted octanol–water partition coefficient (Wildman–Crippen LogP) is 5.24. The average molecular weight is 337 g/mol. The Bertz CT molecular complexity index is 754. The number of carbonyl (C=O) groups is 1. The zero-order chi connectivity index (χ0) is 16.6. The zero-order valence-corrected chi connectivity index (χ0v) is 12.8. The first-order chi connectivity index (χ1) is 10.9. The molecule has 0 aromatic heterocycles. The number of fused-ring (bicyclic) bond motifs is 1. The lowest BCUT2D eigenvalue weighted by Gasteiger charge is -2.13. The van der Waals surface area contributed by atoms with E-state index in [9.17, 15) is 18.0 Å². The first kappa shape index (κ1) is 15.9. The van der Waals surface area contributed by atoms with Crippen LogP contribution in [0.2, 0.25) is 0 Å². The SMILES string of the molecule is [CH2]c1cc(F)cc(Oc2ccc(SC(F)F)c3c2CCC3=O)c1. The van der Waals surface area contributed by atoms with E-state index in [0.717, 1.165) is 0 Å². The van der Waals surface area contributed by atoms with Crippen molar-refractivity contribution in [2.24, 2.45) is 0 Å². The van der Waals surface area contributed by atoms with Gasteiger partial charge in [0, 0.05) is 28.5 Å². The van der Waals surface area contributed by atoms with Gasteiger partial charge < -0.3 is 4.74 Å². The fourth-order valence-corrected chi connectivity index (χ4v) is 3.31. The zero-order valence-electron chi connectivity index (χ0n) is 11.9. The Morgan fingerprint density at radius 3 is 2.65 bits per heavy atom. The Morgan fingerprint density at radius 1 is 1.17 bits per heavy atom. The van der Waals surface area contributed by atoms with Crippen molar-refractivity contribution in [3.63, 3.8) is 0 Å². The summed E-state index contributed by atoms with van der Waals surface area (Å²) in [6, 6.07) is 7.02. The number of carbonyl (C=O) groups excluding carboxylic acids is 1. The van der Waals surface area contributed by atoms with Crippen LogP contribution in [0.4, 0.5) is 13.2 Å². The number of Topliss-reactive ketones (excluding diaryl/α,β-unsaturated/α-hetero) is 1. The third-order valence-corrected chi connectivity index (χ3v) is 4.26. The summed E-state index contributed by atoms with van der Waals surface area (Å²) in [5, 5.41) is 0. The largest absolute Gasteiger partial charge is 0.457 e. The maximum atomic E-state index is 13.4. The normalized spacial score (nSPS) is 13.5. The van der Waals surface area contributed by atoms with Crippen LogP contribution in [0.3, 0.4) is 0 Å². The third kappa shape index (κ3) is 3.37. The summed E-state index contributed by atoms with van der Waals surface area (Å²) in [6.07, 6.45) is 0.684. The molecular weight excluding hydrogens is 325 g/mol. The summed E-state index contributed by atoms with van der Waals surface area (Å²) >= 11 is 0.348. The van der Waals surface area contributed by atoms with Crippen molar-refractivity contribution in [1.82, 2.24) is 0 Å². The first-order valence-corrected chi connectivity index (χ1v) is 7.76. The van der Waals surface area contributed by atoms with E-state index < -0.39 is 11.6 Å². The van der Waals surface area contributed by atoms with Gasteiger partial charge in [-0.25, -0.2) is 4.39 Å². The molecule has 2 aromatic carbocycles. The van der Waals surface area contributed by atoms with Gasteiger partial charge in [0.15, 0.2) is 5.78 Å². The molecule has 2 nitrogen and oxygen atoms in total. The summed E-state index contributed by atoms with van der Waals surface area (Å²) in [6.45, 7) is 3.65. The average Bonchev–Trinajstić information content (AvgIpc) is 2.83. The van der Waals surface area contributed by atoms with Crippen molar-refractivity contribution in [3.8, 4) is 11.5 Å². The molecule has 0 bridgehead atoms. The smallest absolute Gasteiger partial charge is 0.288 e. The highest BCUT2D eigenvalue weighted by Gasteiger charge is 2.28. The standard InChI is InChI=1S/C17H12F3O2S/c1-9-6-10(18)8-11(7-9)22-14-4-5-15(23-17(19)20)16-12(14)2-3-13(16)21/h4-8,17H,1-3H2. The molecule has 0 fully saturated rings. The summed E-state index contributed by atoms with van der Waals surface area (Å²) < 4.78 is 44.3. The maximum Gasteiger partial charge on any atom is 0.288 e. The van der Waals surface area contributed by atoms with Crippen LogP contribution < -0.4 is 4.74 Å². The number of ether oxygens (including phenoxy) is 1. The molecule has 0 amide bonds. The highest BCUT2D eigenvalue weighted by Crippen LogP contribution is 2.40. The van der Waals surface area contributed by atoms with Crippen LogP contribution in [0.1, 0.15) is 27.9 Å². The molecule has 1 aliphatic carbocycles. The van der Waals surface area contributed by atoms with Gasteiger partial charge in [0.05, 0.1) is 0 Å². The van der Waals surface area contributed by atoms with Crippen LogP contribution in [-0.2, 0) is 6.42 Å². The second-order valence-electron chi connectivity index (χ2n) is 5.11. The van der Waals surface area contributed by atoms with Crippen molar-refractivity contribution in [3.05, 3.63) is 59.8 Å². The quantitative estimate of drug-likeness (QED) is 0.713. The molecule has 3 rings (SSSR count). The number of thioether (sulfide) groups is 1. The molecule has 2 aromatic rings. The Kier molecular flexibility index (Phi) is 4.35. The van der Waals surface area contributed by atoms with E-state index in [1.54, 1.807) is 6.07 Å². The molecule has 0 heterocycles. The van der Waals surface area contributed by atoms with Crippen LogP contribution >= 0.6 is 11.8 Å². The summed E-state index contributed by atoms with van der Waals surface area (Å²) in [4.78, 5) is 12.2. The second-order valence-corrected chi connectivity index (χ2v) is 6.15. The summed E-state index contributed by atoms with van der Waals surface area (Å²) in [7, 11) is 0. The van der Waals surface area contributed by atoms with E-state index in [4.69, 9.17) is 4.74 Å². The Labute approximate surface area is 135 Å². The minimum Gasteiger partial charge on any atom is -0.457 e. The van der Waals surface area contributed by atoms with Gasteiger partial charge in [0.1, 0.15) is 17.3 Å². The van der Waals surface area contributed by atoms with Crippen molar-refractivity contribution in [2.45, 2.75) is 23.5 Å². The molecule has 0 saturated carbocycles. The number of halogens is 3. The van der Waals surface area contributed by atoms with Crippen molar-refractivity contribution in [2.75, 3.05) is 0 Å². The fourth-order valence-electron chi connectivity index (χ4n) is 2.62. The molecule has 119 valence electrons. The third-order valence-electron chi connectivity index (χ3n) is 3.49. The van der Waals surface area contributed by atoms with Gasteiger partial charge in [-0.1, -0.05) is 11.8 Å². The number of ketones is 1. The van der Waals surface area contributed by atoms with Gasteiger partial charge in [-0.2, -0.15) is 8.78 Å². The topological polar surface area (TPSA) is 26.3 Å². The minimum absolute atomic E-state index is 0.175. The number of rotatable bonds is 4. The molecule has 1 aliphatic rings. The molecule has 0 spiro atoms. The first-order valence-electron chi connectivity index (χ1n) is 6.88. The molecule has 0 saturated heterocycles. The maximum absolute atomic E-state index is 13.4. The molecule has 6 heteroatoms. The van der Waals surface area contributed by atoms with E-state index in [1.165, 1.54) is 24.3 Å². The molecule has 0 aliphatic heterocycles. The number of hydrogen-bond donors (Lipinski definition) is 0. The Morgan fingerprint density at radius 2 is 1.96 bits per heavy atom. The minimum atomic E-state index is -2.60. The van der Waals surface area contributed by atoms with E-state index in [0.29, 0.717) is 40.6 Å². The van der Waals surface area contributed by atoms with Crippen LogP contribution in [0.5, 0.6) is 11.5 Å². The molecule has 0 atom stereocenters. The summed E-state index contributed by atoms with van der Waals surface area (Å²) in [5.41, 5.74) is 1.34. The van der Waals surface area contributed by atoms with Crippen LogP contribution in [0, 0.1) is 12.7 Å². The van der Waals surface area contributed by atoms with E-state index >= 15 is 0 Å². The second kappa shape index (κ2) is 6.28. The van der Waals surface area contributed by atoms with Crippen LogP contribution in [0.25, 0.3) is 0 Å². The van der Waals surface area contributed by atoms with Gasteiger partial charge in [0.2, 0.25) is 0 Å². The lowest BCUT2D eigenvalue weighted by molar-refractivity contribution is 0.0992. The molecule has 1 radical (unpaired) electrons. The number of benzene rings is 2. The predicted molar refractivity (Wildman–Crippen MR) is 81.9 cm³/mol. The Balaban J connectivity index is 1.99. The van der Waals surface area contributed by atoms with Gasteiger partial charge in [-0.3, -0.25) is 4.79 Å². The van der Waals surface area contributed by atoms with Gasteiger partial charge >= 0.3 is 0 Å². The van der Waals surface area contributed by atoms with Crippen LogP contribution in [-0.4, -0.2) is 11.5 Å². The van der Waals surface area contributed by atoms with Crippen molar-refractivity contribution < 1.29 is 22.7 Å². The van der Waals surface area contributed by atoms with E-state index in [2.05, 4.69) is 6.92 Å². The van der Waals surface area contributed by atoms with E-state index in [1.807, 2.05) is 0 Å². The van der Waals surface area contributed by atoms with Gasteiger partial charge in [-0.05, 0) is 43.2 Å². The molecule has 23 heavy (non-hydrogen) atoms. The highest BCUT2D eigenvalue weighted by atomic mass is 32.2. The monoisotopic (exact) mass is 337 g/mol. The highest BCUT2D eigenvalue weighted by molar-refractivity contribution is 7.99. The molecule has 0 N–H and O–H groups in total. The Hall–Kier alpha value is -1.95. The fraction of sp³-hybridized carbons (Fsp3) is 0.176. The lowest BCUT2D eigenvalue weighted by atomic mass is 10.1. The van der Waals surface area contributed by atoms with Crippen LogP contribution in [0.15, 0.2) is 35.2 Å². The van der Waals surface area contributed by atoms with Crippen molar-refractivity contribution >= 4 is 17.5 Å². The number of alkyl halides is 2. The van der Waals surface area contributed by atoms with E-state index in [-0.39, 0.29) is 22.8 Å². The molecular formula is C17H12F3O2S. The van der Waals surface area contributed by atoms with Gasteiger partial charge in [0.25, 0.3) is 5.76 Å². The lowest BCUT2D eigenvalue weighted by Crippen LogP contribution is -1.98. The molecule has 0 unspecified atom stereocenters. The van der Waals surface area contributed by atoms with Gasteiger partial charge in [-0.15, -0.1) is 0 Å². The number of hydrogen-bond acceptors (Lipinski definition) is 3. The summed E-state index contributed by atoms with van der Waals surface area (Å²) in [5.74, 6) is -2.62.